The summed E-state index contributed by atoms with van der Waals surface area (Å²) in [6.07, 6.45) is 5.59. The molecule has 6 heteroatoms. The van der Waals surface area contributed by atoms with Crippen LogP contribution in [0.3, 0.4) is 0 Å². The molecule has 3 rings (SSSR count). The van der Waals surface area contributed by atoms with Crippen LogP contribution in [-0.4, -0.2) is 35.2 Å². The summed E-state index contributed by atoms with van der Waals surface area (Å²) in [4.78, 5) is 15.3. The van der Waals surface area contributed by atoms with Gasteiger partial charge in [0.05, 0.1) is 17.9 Å². The fraction of sp³-hybridized carbons (Fsp3) is 0.458. The Bertz CT molecular complexity index is 838. The van der Waals surface area contributed by atoms with E-state index < -0.39 is 12.1 Å². The van der Waals surface area contributed by atoms with Crippen molar-refractivity contribution in [3.05, 3.63) is 63.6 Å². The second kappa shape index (κ2) is 10.9. The maximum absolute atomic E-state index is 12.9. The number of nitrogen functional groups attached to an aromatic ring is 1. The molecule has 0 aliphatic heterocycles. The van der Waals surface area contributed by atoms with Crippen LogP contribution in [0.25, 0.3) is 0 Å². The molecular weight excluding hydrogens is 444 g/mol. The van der Waals surface area contributed by atoms with Crippen LogP contribution in [0.1, 0.15) is 66.6 Å². The van der Waals surface area contributed by atoms with Gasteiger partial charge in [0.2, 0.25) is 0 Å². The molecule has 30 heavy (non-hydrogen) atoms. The average Bonchev–Trinajstić information content (AvgIpc) is 2.79. The molecule has 2 aromatic carbocycles. The minimum atomic E-state index is -0.701. The molecule has 0 bridgehead atoms. The summed E-state index contributed by atoms with van der Waals surface area (Å²) >= 11 is 3.50. The highest BCUT2D eigenvalue weighted by atomic mass is 79.9. The van der Waals surface area contributed by atoms with Gasteiger partial charge in [0.15, 0.2) is 6.10 Å². The lowest BCUT2D eigenvalue weighted by atomic mass is 9.93. The predicted molar refractivity (Wildman–Crippen MR) is 123 cm³/mol. The van der Waals surface area contributed by atoms with Gasteiger partial charge in [0.1, 0.15) is 0 Å². The zero-order chi connectivity index (χ0) is 21.5. The molecule has 0 radical (unpaired) electrons. The first-order chi connectivity index (χ1) is 14.5. The number of hydrogen-bond acceptors (Lipinski definition) is 5. The number of benzene rings is 2. The fourth-order valence-corrected chi connectivity index (χ4v) is 4.66. The maximum atomic E-state index is 12.9. The minimum Gasteiger partial charge on any atom is -0.451 e. The van der Waals surface area contributed by atoms with E-state index in [1.54, 1.807) is 6.07 Å². The number of halogens is 1. The molecule has 0 heterocycles. The number of aliphatic hydroxyl groups excluding tert-OH is 1. The zero-order valence-corrected chi connectivity index (χ0v) is 19.1. The number of anilines is 1. The highest BCUT2D eigenvalue weighted by Crippen LogP contribution is 2.30. The molecule has 1 aliphatic rings. The van der Waals surface area contributed by atoms with Crippen LogP contribution in [0.4, 0.5) is 5.69 Å². The summed E-state index contributed by atoms with van der Waals surface area (Å²) in [6, 6.07) is 13.3. The van der Waals surface area contributed by atoms with Gasteiger partial charge in [0, 0.05) is 17.1 Å². The predicted octanol–water partition coefficient (Wildman–Crippen LogP) is 5.08. The normalized spacial score (nSPS) is 15.9. The largest absolute Gasteiger partial charge is 0.451 e. The third kappa shape index (κ3) is 5.62. The number of esters is 1. The second-order valence-electron chi connectivity index (χ2n) is 7.87. The maximum Gasteiger partial charge on any atom is 0.338 e. The van der Waals surface area contributed by atoms with E-state index in [4.69, 9.17) is 10.5 Å². The van der Waals surface area contributed by atoms with E-state index in [0.29, 0.717) is 28.3 Å². The summed E-state index contributed by atoms with van der Waals surface area (Å²) in [6.45, 7) is 3.54. The van der Waals surface area contributed by atoms with Gasteiger partial charge < -0.3 is 15.6 Å². The van der Waals surface area contributed by atoms with Crippen LogP contribution < -0.4 is 5.73 Å². The van der Waals surface area contributed by atoms with Crippen LogP contribution >= 0.6 is 15.9 Å². The summed E-state index contributed by atoms with van der Waals surface area (Å²) in [5, 5.41) is 9.71. The summed E-state index contributed by atoms with van der Waals surface area (Å²) in [7, 11) is 0. The summed E-state index contributed by atoms with van der Waals surface area (Å²) < 4.78 is 6.29. The number of ether oxygens (including phenoxy) is 1. The second-order valence-corrected chi connectivity index (χ2v) is 8.73. The highest BCUT2D eigenvalue weighted by molar-refractivity contribution is 9.10. The fourth-order valence-electron chi connectivity index (χ4n) is 4.16. The van der Waals surface area contributed by atoms with Crippen LogP contribution in [0.2, 0.25) is 0 Å². The minimum absolute atomic E-state index is 0.274. The van der Waals surface area contributed by atoms with E-state index in [0.717, 1.165) is 17.7 Å². The Hall–Kier alpha value is -1.89. The van der Waals surface area contributed by atoms with E-state index in [2.05, 4.69) is 27.8 Å². The molecule has 1 saturated carbocycles. The Labute approximate surface area is 187 Å². The first-order valence-electron chi connectivity index (χ1n) is 10.7. The Balaban J connectivity index is 1.78. The third-order valence-electron chi connectivity index (χ3n) is 5.91. The van der Waals surface area contributed by atoms with Crippen molar-refractivity contribution in [1.29, 1.82) is 0 Å². The Kier molecular flexibility index (Phi) is 8.31. The van der Waals surface area contributed by atoms with Gasteiger partial charge in [0.25, 0.3) is 0 Å². The smallest absolute Gasteiger partial charge is 0.338 e. The standard InChI is InChI=1S/C24H31BrN2O3/c1-2-27(20-11-7-4-8-12-20)15-19-13-18(14-21(25)23(19)26)24(29)30-22(16-28)17-9-5-3-6-10-17/h3,5-6,9-10,13-14,20,22,28H,2,4,7-8,11-12,15-16,26H2,1H3. The summed E-state index contributed by atoms with van der Waals surface area (Å²) in [5.41, 5.74) is 9.10. The van der Waals surface area contributed by atoms with E-state index in [1.807, 2.05) is 36.4 Å². The van der Waals surface area contributed by atoms with E-state index in [-0.39, 0.29) is 6.61 Å². The lowest BCUT2D eigenvalue weighted by Gasteiger charge is -2.34. The van der Waals surface area contributed by atoms with Crippen LogP contribution in [0, 0.1) is 0 Å². The highest BCUT2D eigenvalue weighted by Gasteiger charge is 2.23. The van der Waals surface area contributed by atoms with E-state index >= 15 is 0 Å². The van der Waals surface area contributed by atoms with Crippen molar-refractivity contribution in [3.8, 4) is 0 Å². The number of carbonyl (C=O) groups is 1. The van der Waals surface area contributed by atoms with Crippen LogP contribution in [0.15, 0.2) is 46.9 Å². The van der Waals surface area contributed by atoms with Gasteiger partial charge in [-0.05, 0) is 58.6 Å². The van der Waals surface area contributed by atoms with Gasteiger partial charge in [-0.25, -0.2) is 4.79 Å². The zero-order valence-electron chi connectivity index (χ0n) is 17.5. The molecule has 1 unspecified atom stereocenters. The van der Waals surface area contributed by atoms with Crippen molar-refractivity contribution in [3.63, 3.8) is 0 Å². The third-order valence-corrected chi connectivity index (χ3v) is 6.56. The van der Waals surface area contributed by atoms with Crippen molar-refractivity contribution >= 4 is 27.6 Å². The molecule has 0 spiro atoms. The number of rotatable bonds is 8. The number of aliphatic hydroxyl groups is 1. The van der Waals surface area contributed by atoms with Crippen molar-refractivity contribution in [2.75, 3.05) is 18.9 Å². The van der Waals surface area contributed by atoms with Gasteiger partial charge in [-0.2, -0.15) is 0 Å². The molecular formula is C24H31BrN2O3. The first kappa shape index (κ1) is 22.8. The van der Waals surface area contributed by atoms with Gasteiger partial charge in [-0.1, -0.05) is 56.5 Å². The summed E-state index contributed by atoms with van der Waals surface area (Å²) in [5.74, 6) is -0.472. The first-order valence-corrected chi connectivity index (χ1v) is 11.5. The van der Waals surface area contributed by atoms with E-state index in [9.17, 15) is 9.90 Å². The molecule has 5 nitrogen and oxygen atoms in total. The lowest BCUT2D eigenvalue weighted by molar-refractivity contribution is 0.0132. The SMILES string of the molecule is CCN(Cc1cc(C(=O)OC(CO)c2ccccc2)cc(Br)c1N)C1CCCCC1. The van der Waals surface area contributed by atoms with Gasteiger partial charge >= 0.3 is 5.97 Å². The van der Waals surface area contributed by atoms with Crippen molar-refractivity contribution < 1.29 is 14.6 Å². The number of nitrogens with two attached hydrogens (primary N) is 1. The molecule has 1 atom stereocenters. The number of carbonyl (C=O) groups excluding carboxylic acids is 1. The van der Waals surface area contributed by atoms with Crippen LogP contribution in [-0.2, 0) is 11.3 Å². The molecule has 0 aromatic heterocycles. The average molecular weight is 475 g/mol. The molecule has 162 valence electrons. The van der Waals surface area contributed by atoms with Crippen LogP contribution in [0.5, 0.6) is 0 Å². The van der Waals surface area contributed by atoms with Gasteiger partial charge in [-0.3, -0.25) is 4.90 Å². The number of hydrogen-bond donors (Lipinski definition) is 2. The monoisotopic (exact) mass is 474 g/mol. The molecule has 1 fully saturated rings. The molecule has 3 N–H and O–H groups in total. The van der Waals surface area contributed by atoms with E-state index in [1.165, 1.54) is 32.1 Å². The molecule has 0 saturated heterocycles. The number of nitrogens with zero attached hydrogens (tertiary/aromatic N) is 1. The van der Waals surface area contributed by atoms with Crippen molar-refractivity contribution in [2.45, 2.75) is 57.7 Å². The molecule has 0 amide bonds. The van der Waals surface area contributed by atoms with Crippen molar-refractivity contribution in [2.24, 2.45) is 0 Å². The Morgan fingerprint density at radius 2 is 1.93 bits per heavy atom. The Morgan fingerprint density at radius 3 is 2.57 bits per heavy atom. The van der Waals surface area contributed by atoms with Crippen molar-refractivity contribution in [1.82, 2.24) is 4.90 Å². The quantitative estimate of drug-likeness (QED) is 0.412. The molecule has 2 aromatic rings. The Morgan fingerprint density at radius 1 is 1.23 bits per heavy atom. The van der Waals surface area contributed by atoms with Gasteiger partial charge in [-0.15, -0.1) is 0 Å². The lowest BCUT2D eigenvalue weighted by Crippen LogP contribution is -2.36. The molecule has 1 aliphatic carbocycles. The topological polar surface area (TPSA) is 75.8 Å².